The Morgan fingerprint density at radius 1 is 1.36 bits per heavy atom. The zero-order valence-corrected chi connectivity index (χ0v) is 15.6. The molecule has 1 saturated heterocycles. The minimum absolute atomic E-state index is 0.119. The Kier molecular flexibility index (Phi) is 5.99. The van der Waals surface area contributed by atoms with Crippen molar-refractivity contribution in [2.45, 2.75) is 38.8 Å². The number of nitrogens with one attached hydrogen (secondary N) is 2. The average molecular weight is 359 g/mol. The molecule has 1 aliphatic heterocycles. The number of rotatable bonds is 6. The minimum Gasteiger partial charge on any atom is -0.367 e. The Balaban J connectivity index is 1.50. The van der Waals surface area contributed by atoms with Crippen molar-refractivity contribution < 1.29 is 4.79 Å². The van der Waals surface area contributed by atoms with Crippen LogP contribution in [0.2, 0.25) is 0 Å². The summed E-state index contributed by atoms with van der Waals surface area (Å²) in [6.45, 7) is 4.74. The molecule has 0 spiro atoms. The molecule has 0 radical (unpaired) electrons. The topological polar surface area (TPSA) is 70.2 Å². The van der Waals surface area contributed by atoms with Crippen LogP contribution in [0.15, 0.2) is 23.7 Å². The standard InChI is InChI=1S/C18H25N5OS/c1-3-14-12-25-17(22-14)11-20-18(24)13-4-5-16(19-10-13)21-15-6-8-23(2)9-7-15/h4-5,10,12,15H,3,6-9,11H2,1-2H3,(H,19,21)(H,20,24). The maximum Gasteiger partial charge on any atom is 0.253 e. The molecule has 3 heterocycles. The van der Waals surface area contributed by atoms with Gasteiger partial charge in [0, 0.05) is 17.6 Å². The van der Waals surface area contributed by atoms with Gasteiger partial charge >= 0.3 is 0 Å². The van der Waals surface area contributed by atoms with E-state index in [0.717, 1.165) is 48.9 Å². The third-order valence-electron chi connectivity index (χ3n) is 4.46. The van der Waals surface area contributed by atoms with Gasteiger partial charge in [-0.05, 0) is 51.5 Å². The van der Waals surface area contributed by atoms with E-state index in [0.29, 0.717) is 18.2 Å². The van der Waals surface area contributed by atoms with E-state index in [1.807, 2.05) is 17.5 Å². The normalized spacial score (nSPS) is 15.9. The number of likely N-dealkylation sites (tertiary alicyclic amines) is 1. The second-order valence-corrected chi connectivity index (χ2v) is 7.37. The molecule has 7 heteroatoms. The second kappa shape index (κ2) is 8.40. The molecule has 0 aromatic carbocycles. The summed E-state index contributed by atoms with van der Waals surface area (Å²) in [6, 6.07) is 4.16. The Labute approximate surface area is 152 Å². The number of aryl methyl sites for hydroxylation is 1. The lowest BCUT2D eigenvalue weighted by Gasteiger charge is -2.29. The van der Waals surface area contributed by atoms with E-state index in [-0.39, 0.29) is 5.91 Å². The number of hydrogen-bond acceptors (Lipinski definition) is 6. The summed E-state index contributed by atoms with van der Waals surface area (Å²) >= 11 is 1.58. The number of amides is 1. The highest BCUT2D eigenvalue weighted by molar-refractivity contribution is 7.09. The summed E-state index contributed by atoms with van der Waals surface area (Å²) < 4.78 is 0. The highest BCUT2D eigenvalue weighted by Crippen LogP contribution is 2.15. The van der Waals surface area contributed by atoms with Crippen LogP contribution < -0.4 is 10.6 Å². The number of piperidine rings is 1. The number of thiazole rings is 1. The van der Waals surface area contributed by atoms with Gasteiger partial charge in [0.05, 0.1) is 17.8 Å². The Morgan fingerprint density at radius 3 is 2.80 bits per heavy atom. The van der Waals surface area contributed by atoms with Crippen LogP contribution >= 0.6 is 11.3 Å². The fourth-order valence-electron chi connectivity index (χ4n) is 2.83. The quantitative estimate of drug-likeness (QED) is 0.829. The fraction of sp³-hybridized carbons (Fsp3) is 0.500. The first kappa shape index (κ1) is 17.8. The van der Waals surface area contributed by atoms with Crippen molar-refractivity contribution in [3.8, 4) is 0 Å². The number of carbonyl (C=O) groups is 1. The van der Waals surface area contributed by atoms with Crippen LogP contribution in [-0.2, 0) is 13.0 Å². The van der Waals surface area contributed by atoms with Gasteiger partial charge in [-0.3, -0.25) is 4.79 Å². The molecule has 2 N–H and O–H groups in total. The predicted molar refractivity (Wildman–Crippen MR) is 101 cm³/mol. The largest absolute Gasteiger partial charge is 0.367 e. The molecule has 1 fully saturated rings. The van der Waals surface area contributed by atoms with Crippen molar-refractivity contribution in [3.63, 3.8) is 0 Å². The Morgan fingerprint density at radius 2 is 2.16 bits per heavy atom. The zero-order chi connectivity index (χ0) is 17.6. The SMILES string of the molecule is CCc1csc(CNC(=O)c2ccc(NC3CCN(C)CC3)nc2)n1. The molecule has 2 aromatic heterocycles. The molecule has 1 amide bonds. The van der Waals surface area contributed by atoms with Crippen LogP contribution in [0.25, 0.3) is 0 Å². The molecule has 3 rings (SSSR count). The Hall–Kier alpha value is -1.99. The monoisotopic (exact) mass is 359 g/mol. The van der Waals surface area contributed by atoms with Gasteiger partial charge in [0.25, 0.3) is 5.91 Å². The lowest BCUT2D eigenvalue weighted by molar-refractivity contribution is 0.0950. The van der Waals surface area contributed by atoms with E-state index in [2.05, 4.69) is 39.5 Å². The van der Waals surface area contributed by atoms with Crippen molar-refractivity contribution in [2.75, 3.05) is 25.5 Å². The number of anilines is 1. The molecule has 25 heavy (non-hydrogen) atoms. The summed E-state index contributed by atoms with van der Waals surface area (Å²) in [5.74, 6) is 0.713. The van der Waals surface area contributed by atoms with E-state index in [9.17, 15) is 4.79 Å². The average Bonchev–Trinajstić information content (AvgIpc) is 3.10. The molecular weight excluding hydrogens is 334 g/mol. The lowest BCUT2D eigenvalue weighted by Crippen LogP contribution is -2.36. The number of hydrogen-bond donors (Lipinski definition) is 2. The molecule has 0 saturated carbocycles. The van der Waals surface area contributed by atoms with Gasteiger partial charge in [-0.25, -0.2) is 9.97 Å². The van der Waals surface area contributed by atoms with Gasteiger partial charge in [-0.1, -0.05) is 6.92 Å². The molecule has 0 atom stereocenters. The lowest BCUT2D eigenvalue weighted by atomic mass is 10.1. The highest BCUT2D eigenvalue weighted by Gasteiger charge is 2.16. The van der Waals surface area contributed by atoms with Gasteiger partial charge in [0.2, 0.25) is 0 Å². The first-order valence-electron chi connectivity index (χ1n) is 8.76. The first-order valence-corrected chi connectivity index (χ1v) is 9.64. The van der Waals surface area contributed by atoms with Crippen molar-refractivity contribution >= 4 is 23.1 Å². The number of aromatic nitrogens is 2. The van der Waals surface area contributed by atoms with Gasteiger partial charge in [-0.15, -0.1) is 11.3 Å². The third-order valence-corrected chi connectivity index (χ3v) is 5.36. The summed E-state index contributed by atoms with van der Waals surface area (Å²) in [5.41, 5.74) is 1.64. The molecular formula is C18H25N5OS. The molecule has 2 aromatic rings. The van der Waals surface area contributed by atoms with Gasteiger partial charge in [0.15, 0.2) is 0 Å². The highest BCUT2D eigenvalue weighted by atomic mass is 32.1. The van der Waals surface area contributed by atoms with Crippen molar-refractivity contribution in [3.05, 3.63) is 40.0 Å². The van der Waals surface area contributed by atoms with Gasteiger partial charge in [-0.2, -0.15) is 0 Å². The molecule has 0 unspecified atom stereocenters. The predicted octanol–water partition coefficient (Wildman–Crippen LogP) is 2.54. The molecule has 0 aliphatic carbocycles. The minimum atomic E-state index is -0.119. The maximum atomic E-state index is 12.2. The van der Waals surface area contributed by atoms with Crippen LogP contribution in [0.3, 0.4) is 0 Å². The van der Waals surface area contributed by atoms with Gasteiger partial charge < -0.3 is 15.5 Å². The number of pyridine rings is 1. The summed E-state index contributed by atoms with van der Waals surface area (Å²) in [7, 11) is 2.15. The Bertz CT molecular complexity index is 692. The summed E-state index contributed by atoms with van der Waals surface area (Å²) in [6.07, 6.45) is 4.79. The van der Waals surface area contributed by atoms with Crippen LogP contribution in [0.4, 0.5) is 5.82 Å². The summed E-state index contributed by atoms with van der Waals surface area (Å²) in [4.78, 5) is 23.4. The van der Waals surface area contributed by atoms with Crippen molar-refractivity contribution in [1.29, 1.82) is 0 Å². The van der Waals surface area contributed by atoms with Crippen LogP contribution in [-0.4, -0.2) is 47.0 Å². The van der Waals surface area contributed by atoms with Crippen LogP contribution in [0.1, 0.15) is 40.8 Å². The van der Waals surface area contributed by atoms with E-state index in [4.69, 9.17) is 0 Å². The van der Waals surface area contributed by atoms with E-state index in [1.54, 1.807) is 17.5 Å². The molecule has 0 bridgehead atoms. The number of carbonyl (C=O) groups excluding carboxylic acids is 1. The van der Waals surface area contributed by atoms with E-state index >= 15 is 0 Å². The third kappa shape index (κ3) is 4.99. The first-order chi connectivity index (χ1) is 12.1. The van der Waals surface area contributed by atoms with Crippen LogP contribution in [0.5, 0.6) is 0 Å². The molecule has 1 aliphatic rings. The van der Waals surface area contributed by atoms with E-state index < -0.39 is 0 Å². The summed E-state index contributed by atoms with van der Waals surface area (Å²) in [5, 5.41) is 9.32. The van der Waals surface area contributed by atoms with Gasteiger partial charge in [0.1, 0.15) is 10.8 Å². The fourth-order valence-corrected chi connectivity index (χ4v) is 3.64. The van der Waals surface area contributed by atoms with E-state index in [1.165, 1.54) is 0 Å². The molecule has 6 nitrogen and oxygen atoms in total. The second-order valence-electron chi connectivity index (χ2n) is 6.42. The van der Waals surface area contributed by atoms with Crippen molar-refractivity contribution in [2.24, 2.45) is 0 Å². The van der Waals surface area contributed by atoms with Crippen LogP contribution in [0, 0.1) is 0 Å². The van der Waals surface area contributed by atoms with Crippen molar-refractivity contribution in [1.82, 2.24) is 20.2 Å². The smallest absolute Gasteiger partial charge is 0.253 e. The number of nitrogens with zero attached hydrogens (tertiary/aromatic N) is 3. The zero-order valence-electron chi connectivity index (χ0n) is 14.8. The molecule has 134 valence electrons. The maximum absolute atomic E-state index is 12.2.